The smallest absolute Gasteiger partial charge is 0.423 e. The van der Waals surface area contributed by atoms with E-state index in [1.54, 1.807) is 52.0 Å². The number of rotatable bonds is 10. The summed E-state index contributed by atoms with van der Waals surface area (Å²) in [6.45, 7) is 9.81. The van der Waals surface area contributed by atoms with Crippen LogP contribution in [0.1, 0.15) is 91.4 Å². The molecule has 1 N–H and O–H groups in total. The molecule has 1 saturated heterocycles. The Balaban J connectivity index is 1.86. The fraction of sp³-hybridized carbons (Fsp3) is 0.382. The van der Waals surface area contributed by atoms with Crippen molar-refractivity contribution in [1.82, 2.24) is 19.4 Å². The molecule has 3 aromatic rings. The van der Waals surface area contributed by atoms with Crippen molar-refractivity contribution in [2.45, 2.75) is 71.3 Å². The van der Waals surface area contributed by atoms with E-state index in [-0.39, 0.29) is 29.8 Å². The number of hydrogen-bond donors (Lipinski definition) is 1. The van der Waals surface area contributed by atoms with Gasteiger partial charge in [-0.05, 0) is 64.3 Å². The third kappa shape index (κ3) is 7.72. The first-order chi connectivity index (χ1) is 22.3. The van der Waals surface area contributed by atoms with Crippen LogP contribution in [0.15, 0.2) is 59.5 Å². The second kappa shape index (κ2) is 13.8. The Morgan fingerprint density at radius 3 is 2.12 bits per heavy atom. The molecule has 14 heteroatoms. The van der Waals surface area contributed by atoms with Gasteiger partial charge in [-0.1, -0.05) is 42.0 Å². The molecule has 0 spiro atoms. The molecule has 3 amide bonds. The van der Waals surface area contributed by atoms with Gasteiger partial charge in [-0.2, -0.15) is 10.4 Å². The predicted octanol–water partition coefficient (Wildman–Crippen LogP) is 4.50. The van der Waals surface area contributed by atoms with Crippen LogP contribution in [0.25, 0.3) is 11.1 Å². The lowest BCUT2D eigenvalue weighted by atomic mass is 9.89. The average Bonchev–Trinajstić information content (AvgIpc) is 3.35. The quantitative estimate of drug-likeness (QED) is 0.183. The van der Waals surface area contributed by atoms with Crippen LogP contribution in [-0.4, -0.2) is 58.7 Å². The molecule has 2 aromatic carbocycles. The van der Waals surface area contributed by atoms with Gasteiger partial charge in [0.1, 0.15) is 10.9 Å². The summed E-state index contributed by atoms with van der Waals surface area (Å²) in [5.74, 6) is -1.40. The maximum atomic E-state index is 14.0. The molecule has 13 nitrogen and oxygen atoms in total. The highest BCUT2D eigenvalue weighted by molar-refractivity contribution is 7.89. The minimum absolute atomic E-state index is 0.00745. The highest BCUT2D eigenvalue weighted by Gasteiger charge is 2.35. The van der Waals surface area contributed by atoms with Crippen molar-refractivity contribution in [2.24, 2.45) is 7.05 Å². The maximum absolute atomic E-state index is 14.0. The van der Waals surface area contributed by atoms with E-state index in [1.807, 2.05) is 6.92 Å². The number of ether oxygens (including phenoxy) is 1. The topological polar surface area (TPSA) is 161 Å². The number of amides is 3. The van der Waals surface area contributed by atoms with Crippen LogP contribution in [0.2, 0.25) is 0 Å². The van der Waals surface area contributed by atoms with Crippen LogP contribution in [0.5, 0.6) is 0 Å². The third-order valence-electron chi connectivity index (χ3n) is 7.89. The van der Waals surface area contributed by atoms with Crippen LogP contribution in [0.4, 0.5) is 4.79 Å². The van der Waals surface area contributed by atoms with Crippen LogP contribution in [-0.2, 0) is 36.3 Å². The minimum Gasteiger partial charge on any atom is -0.443 e. The van der Waals surface area contributed by atoms with E-state index < -0.39 is 50.4 Å². The molecule has 0 aliphatic carbocycles. The van der Waals surface area contributed by atoms with Gasteiger partial charge in [0.2, 0.25) is 10.0 Å². The molecule has 1 aliphatic rings. The van der Waals surface area contributed by atoms with Crippen LogP contribution >= 0.6 is 0 Å². The molecular weight excluding hydrogens is 640 g/mol. The molecule has 1 unspecified atom stereocenters. The molecule has 1 aliphatic heterocycles. The molecule has 0 bridgehead atoms. The van der Waals surface area contributed by atoms with Crippen molar-refractivity contribution < 1.29 is 37.3 Å². The van der Waals surface area contributed by atoms with Crippen molar-refractivity contribution in [3.63, 3.8) is 0 Å². The largest absolute Gasteiger partial charge is 0.443 e. The van der Waals surface area contributed by atoms with E-state index in [1.165, 1.54) is 49.0 Å². The molecule has 0 radical (unpaired) electrons. The van der Waals surface area contributed by atoms with E-state index in [9.17, 15) is 32.4 Å². The highest BCUT2D eigenvalue weighted by atomic mass is 32.2. The van der Waals surface area contributed by atoms with Gasteiger partial charge >= 0.3 is 6.09 Å². The molecule has 1 aromatic heterocycles. The van der Waals surface area contributed by atoms with Crippen molar-refractivity contribution in [2.75, 3.05) is 7.05 Å². The highest BCUT2D eigenvalue weighted by Crippen LogP contribution is 2.36. The van der Waals surface area contributed by atoms with Gasteiger partial charge in [-0.3, -0.25) is 19.2 Å². The van der Waals surface area contributed by atoms with Gasteiger partial charge in [0.25, 0.3) is 17.4 Å². The first-order valence-corrected chi connectivity index (χ1v) is 16.8. The number of ketones is 1. The summed E-state index contributed by atoms with van der Waals surface area (Å²) in [5.41, 5.74) is 4.14. The Morgan fingerprint density at radius 2 is 1.54 bits per heavy atom. The minimum atomic E-state index is -4.31. The molecule has 256 valence electrons. The SMILES string of the molecule is Cc1ccc(C(=O)c2ccc(C(C)S(=O)(=O)N(C)C(=O)OC(C)(C)C)cc2-c2cn(C)c(=O)cc2[C@H](C)NON2C(=O)CCC2=O)cc1. The number of aryl methyl sites for hydroxylation is 2. The van der Waals surface area contributed by atoms with Gasteiger partial charge in [0.05, 0.1) is 6.04 Å². The lowest BCUT2D eigenvalue weighted by molar-refractivity contribution is -0.213. The summed E-state index contributed by atoms with van der Waals surface area (Å²) < 4.78 is 34.4. The Labute approximate surface area is 279 Å². The second-order valence-corrected chi connectivity index (χ2v) is 15.0. The summed E-state index contributed by atoms with van der Waals surface area (Å²) in [6.07, 6.45) is 0.482. The van der Waals surface area contributed by atoms with E-state index in [0.717, 1.165) is 12.6 Å². The number of pyridine rings is 1. The summed E-state index contributed by atoms with van der Waals surface area (Å²) in [6, 6.07) is 12.0. The molecule has 48 heavy (non-hydrogen) atoms. The monoisotopic (exact) mass is 680 g/mol. The maximum Gasteiger partial charge on any atom is 0.423 e. The first-order valence-electron chi connectivity index (χ1n) is 15.3. The second-order valence-electron chi connectivity index (χ2n) is 12.7. The molecular formula is C34H40N4O9S. The van der Waals surface area contributed by atoms with Crippen LogP contribution in [0.3, 0.4) is 0 Å². The Hall–Kier alpha value is -4.66. The van der Waals surface area contributed by atoms with Gasteiger partial charge in [0, 0.05) is 55.9 Å². The van der Waals surface area contributed by atoms with E-state index in [0.29, 0.717) is 31.6 Å². The first kappa shape index (κ1) is 36.2. The van der Waals surface area contributed by atoms with Gasteiger partial charge in [-0.25, -0.2) is 17.5 Å². The Morgan fingerprint density at radius 1 is 0.938 bits per heavy atom. The van der Waals surface area contributed by atoms with Crippen LogP contribution < -0.4 is 11.0 Å². The van der Waals surface area contributed by atoms with E-state index >= 15 is 0 Å². The number of hydroxylamine groups is 3. The normalized spacial score (nSPS) is 15.0. The number of carbonyl (C=O) groups excluding carboxylic acids is 4. The fourth-order valence-electron chi connectivity index (χ4n) is 5.02. The van der Waals surface area contributed by atoms with Crippen molar-refractivity contribution in [1.29, 1.82) is 0 Å². The summed E-state index contributed by atoms with van der Waals surface area (Å²) in [4.78, 5) is 69.1. The molecule has 4 rings (SSSR count). The number of nitrogens with one attached hydrogen (secondary N) is 1. The third-order valence-corrected chi connectivity index (χ3v) is 9.97. The summed E-state index contributed by atoms with van der Waals surface area (Å²) in [7, 11) is -1.66. The van der Waals surface area contributed by atoms with Gasteiger partial charge in [-0.15, -0.1) is 5.06 Å². The number of carbonyl (C=O) groups is 4. The lowest BCUT2D eigenvalue weighted by Crippen LogP contribution is -2.39. The zero-order valence-electron chi connectivity index (χ0n) is 28.2. The molecule has 2 atom stereocenters. The zero-order chi connectivity index (χ0) is 35.7. The molecule has 0 saturated carbocycles. The number of benzene rings is 2. The number of nitrogens with zero attached hydrogens (tertiary/aromatic N) is 3. The summed E-state index contributed by atoms with van der Waals surface area (Å²) in [5, 5.41) is -0.642. The van der Waals surface area contributed by atoms with Gasteiger partial charge in [0.15, 0.2) is 5.78 Å². The fourth-order valence-corrected chi connectivity index (χ4v) is 6.23. The van der Waals surface area contributed by atoms with Gasteiger partial charge < -0.3 is 9.30 Å². The number of hydrogen-bond acceptors (Lipinski definition) is 10. The standard InChI is InChI=1S/C34H40N4O9S/c1-20-9-11-23(12-10-20)32(42)25-14-13-24(22(3)48(44,45)37(8)33(43)46-34(4,5)6)17-27(25)28-19-36(7)31(41)18-26(28)21(2)35-47-38-29(39)15-16-30(38)40/h9-14,17-19,21-22,35H,15-16H2,1-8H3/t21-,22?/m0/s1. The van der Waals surface area contributed by atoms with Crippen molar-refractivity contribution in [3.05, 3.63) is 92.9 Å². The average molecular weight is 681 g/mol. The zero-order valence-corrected chi connectivity index (χ0v) is 29.0. The van der Waals surface area contributed by atoms with Crippen molar-refractivity contribution in [3.8, 4) is 11.1 Å². The Kier molecular flexibility index (Phi) is 10.4. The Bertz CT molecular complexity index is 1910. The van der Waals surface area contributed by atoms with Crippen LogP contribution in [0, 0.1) is 6.92 Å². The summed E-state index contributed by atoms with van der Waals surface area (Å²) >= 11 is 0. The van der Waals surface area contributed by atoms with Crippen molar-refractivity contribution >= 4 is 33.7 Å². The van der Waals surface area contributed by atoms with E-state index in [2.05, 4.69) is 5.48 Å². The number of sulfonamides is 1. The number of imide groups is 1. The molecule has 1 fully saturated rings. The lowest BCUT2D eigenvalue weighted by Gasteiger charge is -2.27. The predicted molar refractivity (Wildman–Crippen MR) is 177 cm³/mol. The molecule has 2 heterocycles. The van der Waals surface area contributed by atoms with E-state index in [4.69, 9.17) is 9.68 Å². The number of aromatic nitrogens is 1.